The van der Waals surface area contributed by atoms with Gasteiger partial charge in [0, 0.05) is 13.0 Å². The molecule has 1 aromatic carbocycles. The van der Waals surface area contributed by atoms with Crippen molar-refractivity contribution < 1.29 is 27.8 Å². The molecule has 0 atom stereocenters. The normalized spacial score (nSPS) is 21.4. The molecule has 1 saturated heterocycles. The Kier molecular flexibility index (Phi) is 5.48. The number of Topliss-reactive ketones (excluding diaryl/α,β-unsaturated/α-hetero) is 1. The zero-order valence-electron chi connectivity index (χ0n) is 15.7. The number of hydrogen-bond acceptors (Lipinski definition) is 6. The number of aliphatic imine (C=N–C) groups is 1. The summed E-state index contributed by atoms with van der Waals surface area (Å²) in [4.78, 5) is 18.3. The molecule has 4 rings (SSSR count). The van der Waals surface area contributed by atoms with E-state index in [0.717, 1.165) is 44.3 Å². The second kappa shape index (κ2) is 8.03. The molecule has 0 unspecified atom stereocenters. The van der Waals surface area contributed by atoms with Gasteiger partial charge in [-0.1, -0.05) is 6.07 Å². The van der Waals surface area contributed by atoms with Crippen LogP contribution in [-0.2, 0) is 16.1 Å². The molecule has 6 nitrogen and oxygen atoms in total. The molecular formula is C20H24F2N2O4. The number of fused-ring (bicyclic) bond motifs is 1. The van der Waals surface area contributed by atoms with E-state index in [0.29, 0.717) is 37.9 Å². The molecule has 28 heavy (non-hydrogen) atoms. The van der Waals surface area contributed by atoms with Gasteiger partial charge in [0.25, 0.3) is 5.90 Å². The number of halogens is 2. The molecule has 0 amide bonds. The summed E-state index contributed by atoms with van der Waals surface area (Å²) < 4.78 is 40.4. The minimum absolute atomic E-state index is 0.0170. The van der Waals surface area contributed by atoms with E-state index in [1.54, 1.807) is 12.1 Å². The van der Waals surface area contributed by atoms with Crippen molar-refractivity contribution in [3.05, 3.63) is 23.8 Å². The molecule has 0 saturated carbocycles. The number of alkyl halides is 2. The standard InChI is InChI=1S/C20H24F2N2O4/c21-20(22)27-17-5-4-15(12-18(17)28-20)13-24-9-6-14(7-10-24)2-1-3-16(25)19-23-8-11-26-19/h4-5,12,14H,1-3,6-11,13H2. The molecule has 3 aliphatic heterocycles. The van der Waals surface area contributed by atoms with Crippen molar-refractivity contribution in [2.24, 2.45) is 10.9 Å². The predicted molar refractivity (Wildman–Crippen MR) is 97.8 cm³/mol. The number of carbonyl (C=O) groups excluding carboxylic acids is 1. The van der Waals surface area contributed by atoms with Gasteiger partial charge >= 0.3 is 6.29 Å². The highest BCUT2D eigenvalue weighted by Gasteiger charge is 2.43. The Bertz CT molecular complexity index is 761. The third kappa shape index (κ3) is 4.60. The first-order chi connectivity index (χ1) is 13.5. The summed E-state index contributed by atoms with van der Waals surface area (Å²) in [6.45, 7) is 3.72. The fourth-order valence-electron chi connectivity index (χ4n) is 3.95. The molecule has 0 aliphatic carbocycles. The number of rotatable bonds is 7. The van der Waals surface area contributed by atoms with Crippen LogP contribution < -0.4 is 9.47 Å². The van der Waals surface area contributed by atoms with E-state index >= 15 is 0 Å². The van der Waals surface area contributed by atoms with Crippen LogP contribution in [-0.4, -0.2) is 49.1 Å². The molecule has 3 heterocycles. The lowest BCUT2D eigenvalue weighted by atomic mass is 9.91. The predicted octanol–water partition coefficient (Wildman–Crippen LogP) is 3.39. The highest BCUT2D eigenvalue weighted by Crippen LogP contribution is 2.41. The van der Waals surface area contributed by atoms with E-state index in [1.807, 2.05) is 0 Å². The van der Waals surface area contributed by atoms with Crippen molar-refractivity contribution in [3.63, 3.8) is 0 Å². The van der Waals surface area contributed by atoms with Gasteiger partial charge in [-0.3, -0.25) is 9.69 Å². The molecule has 1 fully saturated rings. The fraction of sp³-hybridized carbons (Fsp3) is 0.600. The van der Waals surface area contributed by atoms with Gasteiger partial charge < -0.3 is 14.2 Å². The molecule has 0 N–H and O–H groups in total. The van der Waals surface area contributed by atoms with Crippen LogP contribution in [0.15, 0.2) is 23.2 Å². The Labute approximate surface area is 162 Å². The molecule has 0 spiro atoms. The van der Waals surface area contributed by atoms with Crippen LogP contribution in [0.25, 0.3) is 0 Å². The SMILES string of the molecule is O=C(CCCC1CCN(Cc2ccc3c(c2)OC(F)(F)O3)CC1)C1=NCCO1. The molecule has 0 aromatic heterocycles. The van der Waals surface area contributed by atoms with E-state index in [9.17, 15) is 13.6 Å². The van der Waals surface area contributed by atoms with Crippen molar-refractivity contribution in [2.45, 2.75) is 44.9 Å². The molecule has 152 valence electrons. The first kappa shape index (κ1) is 19.1. The Hall–Kier alpha value is -2.22. The highest BCUT2D eigenvalue weighted by atomic mass is 19.3. The minimum atomic E-state index is -3.57. The Balaban J connectivity index is 1.18. The fourth-order valence-corrected chi connectivity index (χ4v) is 3.95. The maximum Gasteiger partial charge on any atom is 0.586 e. The number of ketones is 1. The number of likely N-dealkylation sites (tertiary alicyclic amines) is 1. The highest BCUT2D eigenvalue weighted by molar-refractivity contribution is 6.36. The molecule has 0 radical (unpaired) electrons. The van der Waals surface area contributed by atoms with Crippen LogP contribution >= 0.6 is 0 Å². The average Bonchev–Trinajstić information content (AvgIpc) is 3.29. The van der Waals surface area contributed by atoms with Crippen molar-refractivity contribution in [3.8, 4) is 11.5 Å². The molecule has 1 aromatic rings. The third-order valence-electron chi connectivity index (χ3n) is 5.42. The first-order valence-electron chi connectivity index (χ1n) is 9.80. The van der Waals surface area contributed by atoms with Crippen molar-refractivity contribution in [1.82, 2.24) is 4.90 Å². The summed E-state index contributed by atoms with van der Waals surface area (Å²) in [5.74, 6) is 1.11. The van der Waals surface area contributed by atoms with Crippen LogP contribution in [0.5, 0.6) is 11.5 Å². The lowest BCUT2D eigenvalue weighted by Crippen LogP contribution is -2.33. The van der Waals surface area contributed by atoms with Crippen LogP contribution in [0.3, 0.4) is 0 Å². The minimum Gasteiger partial charge on any atom is -0.473 e. The zero-order valence-corrected chi connectivity index (χ0v) is 15.7. The van der Waals surface area contributed by atoms with Gasteiger partial charge in [-0.2, -0.15) is 0 Å². The first-order valence-corrected chi connectivity index (χ1v) is 9.80. The summed E-state index contributed by atoms with van der Waals surface area (Å²) >= 11 is 0. The maximum atomic E-state index is 13.1. The smallest absolute Gasteiger partial charge is 0.473 e. The van der Waals surface area contributed by atoms with E-state index in [2.05, 4.69) is 19.4 Å². The molecule has 3 aliphatic rings. The summed E-state index contributed by atoms with van der Waals surface area (Å²) in [5.41, 5.74) is 0.932. The lowest BCUT2D eigenvalue weighted by molar-refractivity contribution is -0.286. The van der Waals surface area contributed by atoms with Gasteiger partial charge in [0.05, 0.1) is 6.54 Å². The third-order valence-corrected chi connectivity index (χ3v) is 5.42. The van der Waals surface area contributed by atoms with Crippen molar-refractivity contribution >= 4 is 11.7 Å². The van der Waals surface area contributed by atoms with E-state index in [-0.39, 0.29) is 17.3 Å². The number of piperidine rings is 1. The Morgan fingerprint density at radius 2 is 2.00 bits per heavy atom. The van der Waals surface area contributed by atoms with Crippen LogP contribution in [0.4, 0.5) is 8.78 Å². The quantitative estimate of drug-likeness (QED) is 0.710. The lowest BCUT2D eigenvalue weighted by Gasteiger charge is -2.32. The Morgan fingerprint density at radius 3 is 2.75 bits per heavy atom. The van der Waals surface area contributed by atoms with Crippen molar-refractivity contribution in [2.75, 3.05) is 26.2 Å². The topological polar surface area (TPSA) is 60.4 Å². The monoisotopic (exact) mass is 394 g/mol. The van der Waals surface area contributed by atoms with Gasteiger partial charge in [-0.25, -0.2) is 4.99 Å². The van der Waals surface area contributed by atoms with Crippen LogP contribution in [0.1, 0.15) is 37.7 Å². The van der Waals surface area contributed by atoms with Gasteiger partial charge in [0.15, 0.2) is 11.5 Å². The average molecular weight is 394 g/mol. The van der Waals surface area contributed by atoms with Gasteiger partial charge in [0.1, 0.15) is 6.61 Å². The van der Waals surface area contributed by atoms with Crippen molar-refractivity contribution in [1.29, 1.82) is 0 Å². The second-order valence-corrected chi connectivity index (χ2v) is 7.52. The number of carbonyl (C=O) groups is 1. The molecule has 8 heteroatoms. The number of hydrogen-bond donors (Lipinski definition) is 0. The summed E-state index contributed by atoms with van der Waals surface area (Å²) in [5, 5.41) is 0. The van der Waals surface area contributed by atoms with E-state index in [4.69, 9.17) is 4.74 Å². The van der Waals surface area contributed by atoms with E-state index < -0.39 is 6.29 Å². The molecular weight excluding hydrogens is 370 g/mol. The number of ether oxygens (including phenoxy) is 3. The van der Waals surface area contributed by atoms with Gasteiger partial charge in [-0.05, 0) is 62.4 Å². The molecule has 0 bridgehead atoms. The van der Waals surface area contributed by atoms with Gasteiger partial charge in [0.2, 0.25) is 5.78 Å². The summed E-state index contributed by atoms with van der Waals surface area (Å²) in [7, 11) is 0. The second-order valence-electron chi connectivity index (χ2n) is 7.52. The summed E-state index contributed by atoms with van der Waals surface area (Å²) in [6.07, 6.45) is 0.981. The van der Waals surface area contributed by atoms with Crippen LogP contribution in [0.2, 0.25) is 0 Å². The Morgan fingerprint density at radius 1 is 1.21 bits per heavy atom. The zero-order chi connectivity index (χ0) is 19.6. The summed E-state index contributed by atoms with van der Waals surface area (Å²) in [6, 6.07) is 4.96. The largest absolute Gasteiger partial charge is 0.586 e. The van der Waals surface area contributed by atoms with E-state index in [1.165, 1.54) is 6.07 Å². The number of nitrogens with zero attached hydrogens (tertiary/aromatic N) is 2. The number of benzene rings is 1. The maximum absolute atomic E-state index is 13.1. The van der Waals surface area contributed by atoms with Gasteiger partial charge in [-0.15, -0.1) is 8.78 Å². The van der Waals surface area contributed by atoms with Crippen LogP contribution in [0, 0.1) is 5.92 Å².